The fraction of sp³-hybridized carbons (Fsp3) is 0.341. The van der Waals surface area contributed by atoms with E-state index in [9.17, 15) is 39.3 Å². The van der Waals surface area contributed by atoms with Gasteiger partial charge in [0.15, 0.2) is 5.78 Å². The first-order valence-corrected chi connectivity index (χ1v) is 16.8. The Labute approximate surface area is 307 Å². The van der Waals surface area contributed by atoms with Gasteiger partial charge in [-0.1, -0.05) is 6.92 Å². The number of ketones is 1. The van der Waals surface area contributed by atoms with Crippen molar-refractivity contribution in [2.75, 3.05) is 7.11 Å². The van der Waals surface area contributed by atoms with E-state index in [-0.39, 0.29) is 50.6 Å². The molecular weight excluding hydrogens is 684 g/mol. The summed E-state index contributed by atoms with van der Waals surface area (Å²) >= 11 is 0. The number of carboxylic acid groups (broad SMARTS) is 1. The second-order valence-electron chi connectivity index (χ2n) is 13.3. The number of phenols is 1. The van der Waals surface area contributed by atoms with Crippen LogP contribution in [-0.4, -0.2) is 57.7 Å². The van der Waals surface area contributed by atoms with Gasteiger partial charge >= 0.3 is 23.9 Å². The van der Waals surface area contributed by atoms with Gasteiger partial charge in [-0.25, -0.2) is 19.2 Å². The summed E-state index contributed by atoms with van der Waals surface area (Å²) in [6, 6.07) is 1.52. The topological polar surface area (TPSA) is 183 Å². The van der Waals surface area contributed by atoms with Crippen LogP contribution in [0.4, 0.5) is 0 Å². The van der Waals surface area contributed by atoms with Crippen LogP contribution in [0.3, 0.4) is 0 Å². The molecule has 0 aliphatic heterocycles. The number of aryl methyl sites for hydroxylation is 1. The number of aromatic carboxylic acids is 1. The molecule has 12 heteroatoms. The molecule has 0 aromatic heterocycles. The third kappa shape index (κ3) is 6.70. The van der Waals surface area contributed by atoms with Crippen LogP contribution in [0.1, 0.15) is 101 Å². The highest BCUT2D eigenvalue weighted by molar-refractivity contribution is 6.06. The number of rotatable bonds is 9. The lowest BCUT2D eigenvalue weighted by atomic mass is 9.87. The lowest BCUT2D eigenvalue weighted by Crippen LogP contribution is -2.47. The first kappa shape index (κ1) is 40.0. The van der Waals surface area contributed by atoms with Crippen LogP contribution >= 0.6 is 0 Å². The van der Waals surface area contributed by atoms with Gasteiger partial charge in [0.1, 0.15) is 34.3 Å². The van der Waals surface area contributed by atoms with Crippen molar-refractivity contribution in [1.82, 2.24) is 0 Å². The van der Waals surface area contributed by atoms with E-state index >= 15 is 0 Å². The lowest BCUT2D eigenvalue weighted by Gasteiger charge is -2.30. The number of aromatic hydroxyl groups is 1. The van der Waals surface area contributed by atoms with E-state index in [1.807, 2.05) is 6.92 Å². The molecular formula is C41H44O12. The maximum absolute atomic E-state index is 13.7. The number of hydrogen-bond acceptors (Lipinski definition) is 11. The fourth-order valence-corrected chi connectivity index (χ4v) is 6.77. The molecule has 0 saturated heterocycles. The molecule has 0 bridgehead atoms. The van der Waals surface area contributed by atoms with Crippen LogP contribution in [-0.2, 0) is 20.7 Å². The molecule has 0 unspecified atom stereocenters. The fourth-order valence-electron chi connectivity index (χ4n) is 6.77. The van der Waals surface area contributed by atoms with E-state index in [0.29, 0.717) is 56.7 Å². The number of phenolic OH excluding ortho intramolecular Hbond substituents is 1. The first-order chi connectivity index (χ1) is 24.6. The number of allylic oxidation sites excluding steroid dienone is 2. The number of methoxy groups -OCH3 is 1. The van der Waals surface area contributed by atoms with Gasteiger partial charge < -0.3 is 34.3 Å². The maximum Gasteiger partial charge on any atom is 0.356 e. The van der Waals surface area contributed by atoms with Crippen molar-refractivity contribution in [2.45, 2.75) is 88.2 Å². The van der Waals surface area contributed by atoms with Gasteiger partial charge in [-0.15, -0.1) is 0 Å². The van der Waals surface area contributed by atoms with Crippen LogP contribution in [0.2, 0.25) is 0 Å². The Morgan fingerprint density at radius 1 is 0.679 bits per heavy atom. The van der Waals surface area contributed by atoms with Crippen molar-refractivity contribution in [2.24, 2.45) is 0 Å². The minimum atomic E-state index is -2.41. The third-order valence-corrected chi connectivity index (χ3v) is 10.3. The van der Waals surface area contributed by atoms with Crippen molar-refractivity contribution < 1.29 is 58.2 Å². The Kier molecular flexibility index (Phi) is 11.1. The summed E-state index contributed by atoms with van der Waals surface area (Å²) in [4.78, 5) is 64.8. The molecule has 53 heavy (non-hydrogen) atoms. The number of hydrogen-bond donors (Lipinski definition) is 3. The van der Waals surface area contributed by atoms with E-state index < -0.39 is 41.0 Å². The Balaban J connectivity index is 1.67. The quantitative estimate of drug-likeness (QED) is 0.160. The molecule has 0 heterocycles. The predicted molar refractivity (Wildman–Crippen MR) is 194 cm³/mol. The van der Waals surface area contributed by atoms with Gasteiger partial charge in [-0.3, -0.25) is 4.79 Å². The van der Waals surface area contributed by atoms with Crippen LogP contribution < -0.4 is 14.2 Å². The smallest absolute Gasteiger partial charge is 0.356 e. The van der Waals surface area contributed by atoms with Crippen molar-refractivity contribution in [3.8, 4) is 23.0 Å². The summed E-state index contributed by atoms with van der Waals surface area (Å²) in [5.41, 5.74) is 1.91. The summed E-state index contributed by atoms with van der Waals surface area (Å²) in [7, 11) is 1.20. The lowest BCUT2D eigenvalue weighted by molar-refractivity contribution is -0.151. The van der Waals surface area contributed by atoms with Gasteiger partial charge in [0.05, 0.1) is 18.2 Å². The van der Waals surface area contributed by atoms with Crippen LogP contribution in [0.15, 0.2) is 29.6 Å². The Morgan fingerprint density at radius 2 is 1.23 bits per heavy atom. The van der Waals surface area contributed by atoms with E-state index in [0.717, 1.165) is 12.2 Å². The number of carboxylic acids is 1. The largest absolute Gasteiger partial charge is 0.507 e. The van der Waals surface area contributed by atoms with Gasteiger partial charge in [0.25, 0.3) is 0 Å². The van der Waals surface area contributed by atoms with Gasteiger partial charge in [-0.05, 0) is 143 Å². The zero-order chi connectivity index (χ0) is 40.0. The zero-order valence-corrected chi connectivity index (χ0v) is 32.0. The van der Waals surface area contributed by atoms with Gasteiger partial charge in [-0.2, -0.15) is 0 Å². The number of benzene rings is 3. The average molecular weight is 729 g/mol. The highest BCUT2D eigenvalue weighted by atomic mass is 16.6. The molecule has 0 amide bonds. The predicted octanol–water partition coefficient (Wildman–Crippen LogP) is 6.56. The SMILES string of the molecule is CCc1c(C)c(C(=O)O)c(C)c(C)c1OC(=O)c1c(C)cc(OC(=O)c2c(C)c(C)c(OC(=O)[C@@]3(O)C(C)=CC(=O)C=C3OC)c(C)c2O)c(C)c1C. The number of esters is 3. The molecule has 280 valence electrons. The molecule has 1 atom stereocenters. The molecule has 0 radical (unpaired) electrons. The van der Waals surface area contributed by atoms with Crippen molar-refractivity contribution in [1.29, 1.82) is 0 Å². The highest BCUT2D eigenvalue weighted by Crippen LogP contribution is 2.41. The second-order valence-corrected chi connectivity index (χ2v) is 13.3. The van der Waals surface area contributed by atoms with Crippen molar-refractivity contribution >= 4 is 29.7 Å². The summed E-state index contributed by atoms with van der Waals surface area (Å²) < 4.78 is 22.5. The van der Waals surface area contributed by atoms with E-state index in [4.69, 9.17) is 18.9 Å². The summed E-state index contributed by atoms with van der Waals surface area (Å²) in [6.07, 6.45) is 2.49. The van der Waals surface area contributed by atoms with E-state index in [1.54, 1.807) is 48.5 Å². The van der Waals surface area contributed by atoms with Gasteiger partial charge in [0, 0.05) is 11.6 Å². The number of carbonyl (C=O) groups excluding carboxylic acids is 4. The van der Waals surface area contributed by atoms with Gasteiger partial charge in [0.2, 0.25) is 5.60 Å². The molecule has 0 fully saturated rings. The molecule has 12 nitrogen and oxygen atoms in total. The molecule has 1 aliphatic carbocycles. The second kappa shape index (κ2) is 14.7. The number of aliphatic hydroxyl groups is 1. The van der Waals surface area contributed by atoms with E-state index in [2.05, 4.69) is 0 Å². The Bertz CT molecular complexity index is 2170. The number of ether oxygens (including phenoxy) is 4. The standard InChI is InChI=1S/C41H44O12/c1-13-28-25(10)32(37(44)45)21(6)24(9)36(28)52-38(46)31-17(2)14-29(19(4)20(31)5)51-39(47)33-22(7)23(8)35(26(11)34(33)43)53-40(48)41(49)18(3)15-27(42)16-30(41)50-12/h14-16,43,49H,13H2,1-12H3,(H,44,45)/t41-/m1/s1. The van der Waals surface area contributed by atoms with E-state index in [1.165, 1.54) is 33.9 Å². The Hall–Kier alpha value is -5.75. The summed E-state index contributed by atoms with van der Waals surface area (Å²) in [5, 5.41) is 32.3. The minimum Gasteiger partial charge on any atom is -0.507 e. The Morgan fingerprint density at radius 3 is 1.79 bits per heavy atom. The molecule has 0 spiro atoms. The molecule has 3 aromatic rings. The van der Waals surface area contributed by atoms with Crippen molar-refractivity contribution in [3.63, 3.8) is 0 Å². The summed E-state index contributed by atoms with van der Waals surface area (Å²) in [5.74, 6) is -4.82. The highest BCUT2D eigenvalue weighted by Gasteiger charge is 2.48. The average Bonchev–Trinajstić information content (AvgIpc) is 3.08. The minimum absolute atomic E-state index is 0.0132. The zero-order valence-electron chi connectivity index (χ0n) is 32.0. The molecule has 4 rings (SSSR count). The number of carbonyl (C=O) groups is 5. The molecule has 3 N–H and O–H groups in total. The summed E-state index contributed by atoms with van der Waals surface area (Å²) in [6.45, 7) is 17.8. The van der Waals surface area contributed by atoms with Crippen LogP contribution in [0, 0.1) is 62.3 Å². The molecule has 3 aromatic carbocycles. The van der Waals surface area contributed by atoms with Crippen LogP contribution in [0.5, 0.6) is 23.0 Å². The monoisotopic (exact) mass is 728 g/mol. The maximum atomic E-state index is 13.7. The third-order valence-electron chi connectivity index (χ3n) is 10.3. The molecule has 1 aliphatic rings. The first-order valence-electron chi connectivity index (χ1n) is 16.8. The van der Waals surface area contributed by atoms with Crippen molar-refractivity contribution in [3.05, 3.63) is 102 Å². The molecule has 0 saturated carbocycles. The normalized spacial score (nSPS) is 15.4. The van der Waals surface area contributed by atoms with Crippen LogP contribution in [0.25, 0.3) is 0 Å².